The summed E-state index contributed by atoms with van der Waals surface area (Å²) in [6, 6.07) is 6.76. The van der Waals surface area contributed by atoms with E-state index in [1.807, 2.05) is 12.1 Å². The number of nitrogens with one attached hydrogen (secondary N) is 1. The molecule has 0 saturated heterocycles. The van der Waals surface area contributed by atoms with Gasteiger partial charge in [-0.1, -0.05) is 13.0 Å². The molecule has 1 aromatic rings. The van der Waals surface area contributed by atoms with Crippen LogP contribution < -0.4 is 14.8 Å². The highest BCUT2D eigenvalue weighted by Crippen LogP contribution is 2.26. The van der Waals surface area contributed by atoms with Crippen LogP contribution in [0.3, 0.4) is 0 Å². The van der Waals surface area contributed by atoms with Crippen molar-refractivity contribution in [2.45, 2.75) is 38.8 Å². The van der Waals surface area contributed by atoms with Gasteiger partial charge in [0, 0.05) is 24.2 Å². The highest BCUT2D eigenvalue weighted by molar-refractivity contribution is 5.40. The van der Waals surface area contributed by atoms with Crippen LogP contribution in [0.5, 0.6) is 11.5 Å². The van der Waals surface area contributed by atoms with Crippen molar-refractivity contribution in [1.29, 1.82) is 0 Å². The lowest BCUT2D eigenvalue weighted by atomic mass is 10.2. The van der Waals surface area contributed by atoms with Crippen molar-refractivity contribution in [1.82, 2.24) is 5.32 Å². The summed E-state index contributed by atoms with van der Waals surface area (Å²) in [5.74, 6) is 1.80. The van der Waals surface area contributed by atoms with Crippen LogP contribution in [0, 0.1) is 0 Å². The van der Waals surface area contributed by atoms with Crippen molar-refractivity contribution >= 4 is 0 Å². The Kier molecular flexibility index (Phi) is 4.26. The van der Waals surface area contributed by atoms with Crippen molar-refractivity contribution in [3.63, 3.8) is 0 Å². The maximum absolute atomic E-state index is 5.76. The SMILES string of the molecule is CCCOc1cc(OC)ccc1CNC1CC1. The molecule has 3 nitrogen and oxygen atoms in total. The first-order chi connectivity index (χ1) is 8.33. The van der Waals surface area contributed by atoms with Crippen LogP contribution in [-0.4, -0.2) is 19.8 Å². The molecule has 17 heavy (non-hydrogen) atoms. The normalized spacial score (nSPS) is 14.7. The summed E-state index contributed by atoms with van der Waals surface area (Å²) in [6.07, 6.45) is 3.63. The molecular weight excluding hydrogens is 214 g/mol. The molecule has 3 heteroatoms. The molecule has 0 atom stereocenters. The van der Waals surface area contributed by atoms with Gasteiger partial charge in [0.05, 0.1) is 13.7 Å². The second-order valence-electron chi connectivity index (χ2n) is 4.48. The first-order valence-electron chi connectivity index (χ1n) is 6.36. The van der Waals surface area contributed by atoms with Gasteiger partial charge in [0.1, 0.15) is 11.5 Å². The second-order valence-corrected chi connectivity index (χ2v) is 4.48. The molecule has 1 aromatic carbocycles. The van der Waals surface area contributed by atoms with Gasteiger partial charge in [-0.2, -0.15) is 0 Å². The van der Waals surface area contributed by atoms with Crippen molar-refractivity contribution < 1.29 is 9.47 Å². The van der Waals surface area contributed by atoms with E-state index in [-0.39, 0.29) is 0 Å². The molecule has 0 bridgehead atoms. The van der Waals surface area contributed by atoms with Crippen molar-refractivity contribution in [2.24, 2.45) is 0 Å². The molecule has 0 heterocycles. The zero-order valence-corrected chi connectivity index (χ0v) is 10.7. The van der Waals surface area contributed by atoms with Gasteiger partial charge in [0.15, 0.2) is 0 Å². The van der Waals surface area contributed by atoms with Crippen molar-refractivity contribution in [3.05, 3.63) is 23.8 Å². The monoisotopic (exact) mass is 235 g/mol. The van der Waals surface area contributed by atoms with Crippen molar-refractivity contribution in [2.75, 3.05) is 13.7 Å². The lowest BCUT2D eigenvalue weighted by Crippen LogP contribution is -2.16. The van der Waals surface area contributed by atoms with E-state index in [9.17, 15) is 0 Å². The van der Waals surface area contributed by atoms with Crippen LogP contribution in [0.25, 0.3) is 0 Å². The minimum absolute atomic E-state index is 0.719. The molecule has 94 valence electrons. The molecule has 0 aromatic heterocycles. The molecule has 1 fully saturated rings. The molecular formula is C14H21NO2. The highest BCUT2D eigenvalue weighted by Gasteiger charge is 2.20. The molecule has 1 saturated carbocycles. The van der Waals surface area contributed by atoms with Crippen LogP contribution in [0.4, 0.5) is 0 Å². The van der Waals surface area contributed by atoms with Gasteiger partial charge < -0.3 is 14.8 Å². The zero-order chi connectivity index (χ0) is 12.1. The predicted molar refractivity (Wildman–Crippen MR) is 68.6 cm³/mol. The van der Waals surface area contributed by atoms with E-state index in [0.717, 1.165) is 37.1 Å². The minimum atomic E-state index is 0.719. The third-order valence-electron chi connectivity index (χ3n) is 2.89. The maximum atomic E-state index is 5.76. The van der Waals surface area contributed by atoms with Gasteiger partial charge in [0.25, 0.3) is 0 Å². The average molecular weight is 235 g/mol. The molecule has 1 N–H and O–H groups in total. The van der Waals surface area contributed by atoms with Gasteiger partial charge in [-0.3, -0.25) is 0 Å². The van der Waals surface area contributed by atoms with Crippen molar-refractivity contribution in [3.8, 4) is 11.5 Å². The van der Waals surface area contributed by atoms with E-state index in [1.165, 1.54) is 18.4 Å². The van der Waals surface area contributed by atoms with Crippen LogP contribution >= 0.6 is 0 Å². The lowest BCUT2D eigenvalue weighted by Gasteiger charge is -2.13. The molecule has 1 aliphatic rings. The van der Waals surface area contributed by atoms with Crippen LogP contribution in [0.2, 0.25) is 0 Å². The molecule has 0 amide bonds. The fourth-order valence-electron chi connectivity index (χ4n) is 1.70. The fraction of sp³-hybridized carbons (Fsp3) is 0.571. The minimum Gasteiger partial charge on any atom is -0.497 e. The summed E-state index contributed by atoms with van der Waals surface area (Å²) < 4.78 is 11.0. The Bertz CT molecular complexity index is 361. The van der Waals surface area contributed by atoms with Crippen LogP contribution in [0.15, 0.2) is 18.2 Å². The summed E-state index contributed by atoms with van der Waals surface area (Å²) in [6.45, 7) is 3.75. The number of ether oxygens (including phenoxy) is 2. The smallest absolute Gasteiger partial charge is 0.127 e. The topological polar surface area (TPSA) is 30.5 Å². The Morgan fingerprint density at radius 2 is 2.18 bits per heavy atom. The summed E-state index contributed by atoms with van der Waals surface area (Å²) in [5, 5.41) is 3.51. The van der Waals surface area contributed by atoms with E-state index in [0.29, 0.717) is 0 Å². The average Bonchev–Trinajstić information content (AvgIpc) is 3.18. The van der Waals surface area contributed by atoms with Crippen LogP contribution in [-0.2, 0) is 6.54 Å². The summed E-state index contributed by atoms with van der Waals surface area (Å²) in [5.41, 5.74) is 1.21. The third kappa shape index (κ3) is 3.63. The Labute approximate surface area is 103 Å². The Morgan fingerprint density at radius 3 is 2.82 bits per heavy atom. The Hall–Kier alpha value is -1.22. The molecule has 2 rings (SSSR count). The summed E-state index contributed by atoms with van der Waals surface area (Å²) in [4.78, 5) is 0. The Balaban J connectivity index is 2.03. The predicted octanol–water partition coefficient (Wildman–Crippen LogP) is 2.74. The molecule has 0 radical (unpaired) electrons. The lowest BCUT2D eigenvalue weighted by molar-refractivity contribution is 0.310. The highest BCUT2D eigenvalue weighted by atomic mass is 16.5. The zero-order valence-electron chi connectivity index (χ0n) is 10.7. The molecule has 0 aliphatic heterocycles. The van der Waals surface area contributed by atoms with Gasteiger partial charge in [0.2, 0.25) is 0 Å². The van der Waals surface area contributed by atoms with E-state index < -0.39 is 0 Å². The summed E-state index contributed by atoms with van der Waals surface area (Å²) >= 11 is 0. The Morgan fingerprint density at radius 1 is 1.35 bits per heavy atom. The number of hydrogen-bond acceptors (Lipinski definition) is 3. The van der Waals surface area contributed by atoms with Gasteiger partial charge in [-0.25, -0.2) is 0 Å². The van der Waals surface area contributed by atoms with Gasteiger partial charge in [-0.15, -0.1) is 0 Å². The second kappa shape index (κ2) is 5.92. The first-order valence-corrected chi connectivity index (χ1v) is 6.36. The third-order valence-corrected chi connectivity index (χ3v) is 2.89. The summed E-state index contributed by atoms with van der Waals surface area (Å²) in [7, 11) is 1.68. The molecule has 0 spiro atoms. The standard InChI is InChI=1S/C14H21NO2/c1-3-8-17-14-9-13(16-2)7-4-11(14)10-15-12-5-6-12/h4,7,9,12,15H,3,5-6,8,10H2,1-2H3. The maximum Gasteiger partial charge on any atom is 0.127 e. The fourth-order valence-corrected chi connectivity index (χ4v) is 1.70. The van der Waals surface area contributed by atoms with Gasteiger partial charge >= 0.3 is 0 Å². The number of rotatable bonds is 7. The number of benzene rings is 1. The van der Waals surface area contributed by atoms with E-state index in [2.05, 4.69) is 18.3 Å². The first kappa shape index (κ1) is 12.2. The van der Waals surface area contributed by atoms with E-state index in [4.69, 9.17) is 9.47 Å². The number of hydrogen-bond donors (Lipinski definition) is 1. The molecule has 1 aliphatic carbocycles. The van der Waals surface area contributed by atoms with Crippen LogP contribution in [0.1, 0.15) is 31.7 Å². The largest absolute Gasteiger partial charge is 0.497 e. The molecule has 0 unspecified atom stereocenters. The van der Waals surface area contributed by atoms with E-state index in [1.54, 1.807) is 7.11 Å². The van der Waals surface area contributed by atoms with Gasteiger partial charge in [-0.05, 0) is 25.3 Å². The quantitative estimate of drug-likeness (QED) is 0.788. The number of methoxy groups -OCH3 is 1. The van der Waals surface area contributed by atoms with E-state index >= 15 is 0 Å².